The fraction of sp³-hybridized carbons (Fsp3) is 0.474. The average Bonchev–Trinajstić information content (AvgIpc) is 3.85. The molecular formula is C38H48N6O4Si. The fourth-order valence-electron chi connectivity index (χ4n) is 7.58. The van der Waals surface area contributed by atoms with Crippen LogP contribution in [0.15, 0.2) is 48.8 Å². The molecule has 2 atom stereocenters. The second kappa shape index (κ2) is 11.9. The molecule has 3 aliphatic rings. The lowest BCUT2D eigenvalue weighted by Gasteiger charge is -2.28. The van der Waals surface area contributed by atoms with Crippen LogP contribution in [0.5, 0.6) is 0 Å². The summed E-state index contributed by atoms with van der Waals surface area (Å²) in [6, 6.07) is 13.2. The third kappa shape index (κ3) is 6.29. The highest BCUT2D eigenvalue weighted by atomic mass is 28.3. The lowest BCUT2D eigenvalue weighted by molar-refractivity contribution is 0.0209. The number of aromatic nitrogens is 4. The van der Waals surface area contributed by atoms with Gasteiger partial charge in [-0.3, -0.25) is 9.80 Å². The zero-order valence-corrected chi connectivity index (χ0v) is 30.9. The predicted molar refractivity (Wildman–Crippen MR) is 194 cm³/mol. The topological polar surface area (TPSA) is 116 Å². The first-order valence-corrected chi connectivity index (χ1v) is 20.5. The molecule has 0 unspecified atom stereocenters. The fourth-order valence-corrected chi connectivity index (χ4v) is 10.7. The lowest BCUT2D eigenvalue weighted by Crippen LogP contribution is -2.49. The third-order valence-corrected chi connectivity index (χ3v) is 13.4. The number of benzene rings is 2. The van der Waals surface area contributed by atoms with Crippen LogP contribution in [0.4, 0.5) is 9.59 Å². The molecule has 2 saturated heterocycles. The van der Waals surface area contributed by atoms with Gasteiger partial charge in [0.2, 0.25) is 0 Å². The maximum atomic E-state index is 12.9. The Balaban J connectivity index is 1.11. The van der Waals surface area contributed by atoms with Crippen LogP contribution in [0.25, 0.3) is 33.8 Å². The Morgan fingerprint density at radius 3 is 1.92 bits per heavy atom. The highest BCUT2D eigenvalue weighted by Gasteiger charge is 2.39. The molecule has 2 aromatic carbocycles. The molecule has 2 fully saturated rings. The van der Waals surface area contributed by atoms with Crippen LogP contribution in [-0.4, -0.2) is 74.3 Å². The van der Waals surface area contributed by atoms with E-state index in [0.29, 0.717) is 13.1 Å². The van der Waals surface area contributed by atoms with Crippen LogP contribution >= 0.6 is 0 Å². The summed E-state index contributed by atoms with van der Waals surface area (Å²) in [6.45, 7) is 17.5. The summed E-state index contributed by atoms with van der Waals surface area (Å²) in [5.74, 6) is 1.61. The SMILES string of the molecule is CC(C)(C)OC(=O)N1CCC[C@H]1c1cnc(-c2ccc3c(c2)[Si](C)(C)c2cc(-c4cnc([C@@H]5CCCN5C(=O)OC(C)(C)C)[nH]4)ccc2-3)[nH]1. The summed E-state index contributed by atoms with van der Waals surface area (Å²) in [6.07, 6.45) is 6.78. The number of amides is 2. The maximum absolute atomic E-state index is 12.9. The number of nitrogens with one attached hydrogen (secondary N) is 2. The first-order valence-electron chi connectivity index (χ1n) is 17.5. The predicted octanol–water partition coefficient (Wildman–Crippen LogP) is 7.41. The molecule has 11 heteroatoms. The van der Waals surface area contributed by atoms with Crippen molar-refractivity contribution in [3.8, 4) is 33.8 Å². The molecule has 0 spiro atoms. The Labute approximate surface area is 289 Å². The molecule has 3 aliphatic heterocycles. The van der Waals surface area contributed by atoms with Crippen molar-refractivity contribution in [2.45, 2.75) is 104 Å². The second-order valence-electron chi connectivity index (χ2n) is 16.2. The van der Waals surface area contributed by atoms with Gasteiger partial charge in [-0.1, -0.05) is 49.5 Å². The number of ether oxygens (including phenoxy) is 2. The van der Waals surface area contributed by atoms with Gasteiger partial charge >= 0.3 is 12.2 Å². The Kier molecular flexibility index (Phi) is 8.04. The van der Waals surface area contributed by atoms with Gasteiger partial charge in [-0.2, -0.15) is 0 Å². The molecule has 0 bridgehead atoms. The van der Waals surface area contributed by atoms with E-state index in [1.807, 2.05) is 58.8 Å². The van der Waals surface area contributed by atoms with Gasteiger partial charge in [0, 0.05) is 18.7 Å². The summed E-state index contributed by atoms with van der Waals surface area (Å²) in [5.41, 5.74) is 5.52. The number of hydrogen-bond donors (Lipinski definition) is 2. The van der Waals surface area contributed by atoms with E-state index in [4.69, 9.17) is 19.4 Å². The number of aromatic amines is 2. The first-order chi connectivity index (χ1) is 23.1. The average molecular weight is 681 g/mol. The van der Waals surface area contributed by atoms with E-state index in [9.17, 15) is 9.59 Å². The maximum Gasteiger partial charge on any atom is 0.410 e. The number of H-pyrrole nitrogens is 2. The first kappa shape index (κ1) is 33.1. The third-order valence-electron chi connectivity index (χ3n) is 9.89. The van der Waals surface area contributed by atoms with Gasteiger partial charge in [0.05, 0.1) is 35.9 Å². The van der Waals surface area contributed by atoms with Gasteiger partial charge in [0.1, 0.15) is 30.9 Å². The number of fused-ring (bicyclic) bond motifs is 3. The van der Waals surface area contributed by atoms with Gasteiger partial charge in [-0.05, 0) is 94.3 Å². The normalized spacial score (nSPS) is 20.0. The van der Waals surface area contributed by atoms with Gasteiger partial charge in [-0.25, -0.2) is 19.6 Å². The number of nitrogens with zero attached hydrogens (tertiary/aromatic N) is 4. The van der Waals surface area contributed by atoms with Crippen molar-refractivity contribution < 1.29 is 19.1 Å². The summed E-state index contributed by atoms with van der Waals surface area (Å²) in [7, 11) is -2.06. The van der Waals surface area contributed by atoms with E-state index < -0.39 is 19.3 Å². The van der Waals surface area contributed by atoms with Crippen LogP contribution < -0.4 is 10.4 Å². The molecule has 0 saturated carbocycles. The number of imidazole rings is 2. The number of carbonyl (C=O) groups excluding carboxylic acids is 2. The van der Waals surface area contributed by atoms with E-state index in [1.165, 1.54) is 21.5 Å². The monoisotopic (exact) mass is 680 g/mol. The summed E-state index contributed by atoms with van der Waals surface area (Å²) >= 11 is 0. The standard InChI is InChI=1S/C38H48N6O4Si/c1-37(2,3)47-35(45)43-17-9-11-29(43)28-22-39-33(42-28)24-14-16-26-25-15-13-23(19-31(25)49(7,8)32(26)20-24)27-21-40-34(41-27)30-12-10-18-44(30)36(46)48-38(4,5)6/h13-16,19-22,29-30H,9-12,17-18H2,1-8H3,(H,39,42)(H,40,41)/t29-,30-/m0/s1. The van der Waals surface area contributed by atoms with E-state index in [2.05, 4.69) is 59.5 Å². The Morgan fingerprint density at radius 1 is 0.755 bits per heavy atom. The zero-order chi connectivity index (χ0) is 34.9. The van der Waals surface area contributed by atoms with Crippen molar-refractivity contribution in [1.29, 1.82) is 0 Å². The lowest BCUT2D eigenvalue weighted by atomic mass is 10.0. The largest absolute Gasteiger partial charge is 0.444 e. The molecule has 2 amide bonds. The minimum atomic E-state index is -2.06. The van der Waals surface area contributed by atoms with Gasteiger partial charge in [0.25, 0.3) is 0 Å². The molecule has 7 rings (SSSR count). The van der Waals surface area contributed by atoms with Crippen molar-refractivity contribution in [2.75, 3.05) is 13.1 Å². The number of carbonyl (C=O) groups is 2. The van der Waals surface area contributed by atoms with Crippen LogP contribution in [-0.2, 0) is 9.47 Å². The molecular weight excluding hydrogens is 633 g/mol. The van der Waals surface area contributed by atoms with E-state index in [-0.39, 0.29) is 24.3 Å². The number of rotatable bonds is 4. The quantitative estimate of drug-likeness (QED) is 0.217. The Bertz CT molecular complexity index is 1780. The summed E-state index contributed by atoms with van der Waals surface area (Å²) in [4.78, 5) is 46.1. The van der Waals surface area contributed by atoms with E-state index in [1.54, 1.807) is 4.90 Å². The van der Waals surface area contributed by atoms with Gasteiger partial charge < -0.3 is 19.4 Å². The van der Waals surface area contributed by atoms with Crippen LogP contribution in [0.1, 0.15) is 90.8 Å². The summed E-state index contributed by atoms with van der Waals surface area (Å²) < 4.78 is 11.4. The molecule has 2 N–H and O–H groups in total. The van der Waals surface area contributed by atoms with E-state index in [0.717, 1.165) is 59.8 Å². The van der Waals surface area contributed by atoms with Gasteiger partial charge in [0.15, 0.2) is 0 Å². The van der Waals surface area contributed by atoms with Crippen molar-refractivity contribution >= 4 is 30.6 Å². The molecule has 4 aromatic rings. The van der Waals surface area contributed by atoms with Crippen molar-refractivity contribution in [2.24, 2.45) is 0 Å². The molecule has 10 nitrogen and oxygen atoms in total. The molecule has 2 aromatic heterocycles. The summed E-state index contributed by atoms with van der Waals surface area (Å²) in [5, 5.41) is 2.78. The number of likely N-dealkylation sites (tertiary alicyclic amines) is 2. The smallest absolute Gasteiger partial charge is 0.410 e. The molecule has 0 aliphatic carbocycles. The van der Waals surface area contributed by atoms with Crippen molar-refractivity contribution in [3.63, 3.8) is 0 Å². The zero-order valence-electron chi connectivity index (χ0n) is 29.9. The highest BCUT2D eigenvalue weighted by Crippen LogP contribution is 2.37. The molecule has 49 heavy (non-hydrogen) atoms. The molecule has 5 heterocycles. The van der Waals surface area contributed by atoms with Crippen LogP contribution in [0.2, 0.25) is 13.1 Å². The van der Waals surface area contributed by atoms with E-state index >= 15 is 0 Å². The molecule has 0 radical (unpaired) electrons. The van der Waals surface area contributed by atoms with Crippen molar-refractivity contribution in [3.05, 3.63) is 60.3 Å². The van der Waals surface area contributed by atoms with Gasteiger partial charge in [-0.15, -0.1) is 0 Å². The minimum absolute atomic E-state index is 0.0731. The highest BCUT2D eigenvalue weighted by molar-refractivity contribution is 7.03. The second-order valence-corrected chi connectivity index (χ2v) is 20.5. The molecule has 258 valence electrons. The Morgan fingerprint density at radius 2 is 1.31 bits per heavy atom. The van der Waals surface area contributed by atoms with Crippen LogP contribution in [0, 0.1) is 0 Å². The Hall–Kier alpha value is -4.38. The van der Waals surface area contributed by atoms with Crippen molar-refractivity contribution in [1.82, 2.24) is 29.7 Å². The van der Waals surface area contributed by atoms with Crippen LogP contribution in [0.3, 0.4) is 0 Å². The minimum Gasteiger partial charge on any atom is -0.444 e. The number of hydrogen-bond acceptors (Lipinski definition) is 6.